The fourth-order valence-electron chi connectivity index (χ4n) is 2.10. The van der Waals surface area contributed by atoms with Gasteiger partial charge in [0.15, 0.2) is 0 Å². The largest absolute Gasteiger partial charge is 0.424 e. The Bertz CT molecular complexity index is 593. The van der Waals surface area contributed by atoms with Gasteiger partial charge in [0.2, 0.25) is 11.8 Å². The second-order valence-corrected chi connectivity index (χ2v) is 6.33. The lowest BCUT2D eigenvalue weighted by atomic mass is 10.1. The highest BCUT2D eigenvalue weighted by molar-refractivity contribution is 5.20. The Balaban J connectivity index is 2.03. The summed E-state index contributed by atoms with van der Waals surface area (Å²) < 4.78 is 7.51. The molecule has 6 heteroatoms. The molecule has 2 aromatic heterocycles. The van der Waals surface area contributed by atoms with Crippen LogP contribution in [-0.2, 0) is 18.5 Å². The average molecular weight is 291 g/mol. The normalized spacial score (nSPS) is 13.6. The summed E-state index contributed by atoms with van der Waals surface area (Å²) >= 11 is 0. The zero-order valence-corrected chi connectivity index (χ0v) is 13.8. The van der Waals surface area contributed by atoms with Crippen LogP contribution in [0.2, 0.25) is 0 Å². The third kappa shape index (κ3) is 3.69. The zero-order chi connectivity index (χ0) is 15.6. The van der Waals surface area contributed by atoms with Gasteiger partial charge in [-0.15, -0.1) is 10.2 Å². The molecule has 0 spiro atoms. The van der Waals surface area contributed by atoms with Gasteiger partial charge >= 0.3 is 0 Å². The summed E-state index contributed by atoms with van der Waals surface area (Å²) in [4.78, 5) is 0. The molecule has 0 saturated heterocycles. The van der Waals surface area contributed by atoms with Crippen molar-refractivity contribution in [3.63, 3.8) is 0 Å². The Hall–Kier alpha value is -1.69. The molecule has 0 amide bonds. The molecule has 116 valence electrons. The first-order chi connectivity index (χ1) is 9.81. The fourth-order valence-corrected chi connectivity index (χ4v) is 2.10. The molecule has 1 N–H and O–H groups in total. The van der Waals surface area contributed by atoms with Crippen molar-refractivity contribution in [1.82, 2.24) is 25.3 Å². The molecule has 0 aliphatic heterocycles. The van der Waals surface area contributed by atoms with Crippen LogP contribution in [0.1, 0.15) is 63.7 Å². The molecule has 2 aromatic rings. The van der Waals surface area contributed by atoms with Gasteiger partial charge in [0.25, 0.3) is 0 Å². The van der Waals surface area contributed by atoms with E-state index < -0.39 is 0 Å². The molecule has 0 bridgehead atoms. The van der Waals surface area contributed by atoms with Crippen molar-refractivity contribution in [1.29, 1.82) is 0 Å². The third-order valence-electron chi connectivity index (χ3n) is 3.46. The molecule has 0 saturated carbocycles. The maximum atomic E-state index is 5.50. The molecule has 0 fully saturated rings. The first kappa shape index (κ1) is 15.7. The van der Waals surface area contributed by atoms with Crippen molar-refractivity contribution in [2.75, 3.05) is 0 Å². The Morgan fingerprint density at radius 3 is 2.48 bits per heavy atom. The predicted molar refractivity (Wildman–Crippen MR) is 80.9 cm³/mol. The Morgan fingerprint density at radius 1 is 1.29 bits per heavy atom. The van der Waals surface area contributed by atoms with Gasteiger partial charge in [-0.2, -0.15) is 5.10 Å². The number of rotatable bonds is 5. The van der Waals surface area contributed by atoms with Crippen LogP contribution < -0.4 is 5.32 Å². The molecule has 0 aliphatic carbocycles. The quantitative estimate of drug-likeness (QED) is 0.917. The van der Waals surface area contributed by atoms with E-state index in [0.29, 0.717) is 18.3 Å². The van der Waals surface area contributed by atoms with Gasteiger partial charge in [0, 0.05) is 24.2 Å². The molecule has 0 aliphatic rings. The second kappa shape index (κ2) is 5.97. The summed E-state index contributed by atoms with van der Waals surface area (Å²) in [7, 11) is 0. The van der Waals surface area contributed by atoms with Crippen LogP contribution in [0.15, 0.2) is 10.6 Å². The second-order valence-electron chi connectivity index (χ2n) is 6.33. The molecule has 0 radical (unpaired) electrons. The lowest BCUT2D eigenvalue weighted by Gasteiger charge is -2.19. The van der Waals surface area contributed by atoms with E-state index in [4.69, 9.17) is 4.42 Å². The molecule has 0 unspecified atom stereocenters. The molecular weight excluding hydrogens is 266 g/mol. The summed E-state index contributed by atoms with van der Waals surface area (Å²) in [6.45, 7) is 13.2. The maximum absolute atomic E-state index is 5.50. The zero-order valence-electron chi connectivity index (χ0n) is 13.8. The minimum atomic E-state index is -0.00869. The molecule has 6 nitrogen and oxygen atoms in total. The minimum absolute atomic E-state index is 0.00869. The number of aromatic nitrogens is 4. The Labute approximate surface area is 125 Å². The lowest BCUT2D eigenvalue weighted by Crippen LogP contribution is -2.22. The smallest absolute Gasteiger partial charge is 0.230 e. The van der Waals surface area contributed by atoms with E-state index in [1.165, 1.54) is 5.56 Å². The first-order valence-electron chi connectivity index (χ1n) is 7.42. The van der Waals surface area contributed by atoms with E-state index >= 15 is 0 Å². The van der Waals surface area contributed by atoms with Crippen molar-refractivity contribution in [2.24, 2.45) is 0 Å². The van der Waals surface area contributed by atoms with Gasteiger partial charge in [0.05, 0.1) is 17.8 Å². The maximum Gasteiger partial charge on any atom is 0.230 e. The van der Waals surface area contributed by atoms with E-state index in [-0.39, 0.29) is 11.6 Å². The summed E-state index contributed by atoms with van der Waals surface area (Å²) in [6, 6.07) is 0.179. The van der Waals surface area contributed by atoms with Gasteiger partial charge < -0.3 is 9.73 Å². The van der Waals surface area contributed by atoms with Gasteiger partial charge in [-0.25, -0.2) is 0 Å². The van der Waals surface area contributed by atoms with Gasteiger partial charge in [-0.05, 0) is 34.6 Å². The van der Waals surface area contributed by atoms with Crippen LogP contribution in [0.5, 0.6) is 0 Å². The van der Waals surface area contributed by atoms with Gasteiger partial charge in [-0.1, -0.05) is 6.92 Å². The predicted octanol–water partition coefficient (Wildman–Crippen LogP) is 2.74. The van der Waals surface area contributed by atoms with Crippen LogP contribution >= 0.6 is 0 Å². The monoisotopic (exact) mass is 291 g/mol. The first-order valence-corrected chi connectivity index (χ1v) is 7.42. The standard InChI is InChI=1S/C15H25N5O/c1-7-13-17-18-14(21-13)8-16-10(2)12-9-20(15(4,5)6)19-11(12)3/h9-10,16H,7-8H2,1-6H3/t10-/m0/s1. The van der Waals surface area contributed by atoms with Crippen LogP contribution in [0.3, 0.4) is 0 Å². The summed E-state index contributed by atoms with van der Waals surface area (Å²) in [5.74, 6) is 1.30. The van der Waals surface area contributed by atoms with Crippen LogP contribution in [0.4, 0.5) is 0 Å². The Morgan fingerprint density at radius 2 is 1.95 bits per heavy atom. The fraction of sp³-hybridized carbons (Fsp3) is 0.667. The van der Waals surface area contributed by atoms with Crippen molar-refractivity contribution in [3.05, 3.63) is 29.2 Å². The molecule has 2 heterocycles. The highest BCUT2D eigenvalue weighted by Gasteiger charge is 2.19. The highest BCUT2D eigenvalue weighted by Crippen LogP contribution is 2.21. The van der Waals surface area contributed by atoms with E-state index in [2.05, 4.69) is 54.5 Å². The third-order valence-corrected chi connectivity index (χ3v) is 3.46. The van der Waals surface area contributed by atoms with E-state index in [1.54, 1.807) is 0 Å². The lowest BCUT2D eigenvalue weighted by molar-refractivity contribution is 0.353. The van der Waals surface area contributed by atoms with E-state index in [1.807, 2.05) is 18.5 Å². The van der Waals surface area contributed by atoms with Crippen molar-refractivity contribution in [3.8, 4) is 0 Å². The van der Waals surface area contributed by atoms with E-state index in [0.717, 1.165) is 12.1 Å². The van der Waals surface area contributed by atoms with Crippen molar-refractivity contribution < 1.29 is 4.42 Å². The van der Waals surface area contributed by atoms with Crippen molar-refractivity contribution >= 4 is 0 Å². The molecule has 1 atom stereocenters. The summed E-state index contributed by atoms with van der Waals surface area (Å²) in [6.07, 6.45) is 2.87. The minimum Gasteiger partial charge on any atom is -0.424 e. The van der Waals surface area contributed by atoms with Crippen LogP contribution in [-0.4, -0.2) is 20.0 Å². The number of hydrogen-bond acceptors (Lipinski definition) is 5. The molecule has 0 aromatic carbocycles. The van der Waals surface area contributed by atoms with Crippen LogP contribution in [0.25, 0.3) is 0 Å². The SMILES string of the molecule is CCc1nnc(CN[C@@H](C)c2cn(C(C)(C)C)nc2C)o1. The van der Waals surface area contributed by atoms with Gasteiger partial charge in [-0.3, -0.25) is 4.68 Å². The number of nitrogens with one attached hydrogen (secondary N) is 1. The number of hydrogen-bond donors (Lipinski definition) is 1. The molecule has 2 rings (SSSR count). The summed E-state index contributed by atoms with van der Waals surface area (Å²) in [5, 5.41) is 16.0. The number of aryl methyl sites for hydroxylation is 2. The van der Waals surface area contributed by atoms with Gasteiger partial charge in [0.1, 0.15) is 0 Å². The molecular formula is C15H25N5O. The highest BCUT2D eigenvalue weighted by atomic mass is 16.4. The molecule has 21 heavy (non-hydrogen) atoms. The van der Waals surface area contributed by atoms with Crippen LogP contribution in [0, 0.1) is 6.92 Å². The summed E-state index contributed by atoms with van der Waals surface area (Å²) in [5.41, 5.74) is 2.23. The number of nitrogens with zero attached hydrogens (tertiary/aromatic N) is 4. The Kier molecular flexibility index (Phi) is 4.46. The van der Waals surface area contributed by atoms with E-state index in [9.17, 15) is 0 Å². The average Bonchev–Trinajstić information content (AvgIpc) is 3.01. The van der Waals surface area contributed by atoms with Crippen molar-refractivity contribution in [2.45, 2.75) is 66.1 Å². The topological polar surface area (TPSA) is 68.8 Å².